The van der Waals surface area contributed by atoms with E-state index in [0.717, 1.165) is 45.0 Å². The third-order valence-electron chi connectivity index (χ3n) is 5.29. The van der Waals surface area contributed by atoms with E-state index in [2.05, 4.69) is 10.6 Å². The third-order valence-corrected chi connectivity index (χ3v) is 5.29. The largest absolute Gasteiger partial charge is 0.497 e. The van der Waals surface area contributed by atoms with E-state index in [0.29, 0.717) is 13.0 Å². The van der Waals surface area contributed by atoms with Crippen molar-refractivity contribution in [3.05, 3.63) is 89.2 Å². The lowest BCUT2D eigenvalue weighted by Gasteiger charge is -2.16. The molecule has 160 valence electrons. The van der Waals surface area contributed by atoms with Gasteiger partial charge in [0.15, 0.2) is 0 Å². The zero-order chi connectivity index (χ0) is 21.8. The van der Waals surface area contributed by atoms with Crippen LogP contribution in [0, 0.1) is 13.8 Å². The fourth-order valence-corrected chi connectivity index (χ4v) is 3.86. The molecule has 5 heteroatoms. The quantitative estimate of drug-likeness (QED) is 0.453. The summed E-state index contributed by atoms with van der Waals surface area (Å²) in [6.07, 6.45) is 0.0107. The van der Waals surface area contributed by atoms with Crippen molar-refractivity contribution < 1.29 is 14.6 Å². The average Bonchev–Trinajstić information content (AvgIpc) is 3.09. The second-order valence-electron chi connectivity index (χ2n) is 7.94. The number of para-hydroxylation sites is 2. The van der Waals surface area contributed by atoms with Crippen LogP contribution in [0.3, 0.4) is 0 Å². The van der Waals surface area contributed by atoms with Gasteiger partial charge in [-0.2, -0.15) is 0 Å². The van der Waals surface area contributed by atoms with E-state index in [9.17, 15) is 5.11 Å². The molecule has 4 aromatic rings. The SMILES string of the molecule is COc1ccc(Cc2nc3ccccc3n2C[C@@H](O)COc2cc(C)cc(C)c2)cc1. The first-order valence-corrected chi connectivity index (χ1v) is 10.5. The maximum absolute atomic E-state index is 10.7. The lowest BCUT2D eigenvalue weighted by Crippen LogP contribution is -2.24. The van der Waals surface area contributed by atoms with Crippen LogP contribution in [0.4, 0.5) is 0 Å². The first-order valence-electron chi connectivity index (χ1n) is 10.5. The van der Waals surface area contributed by atoms with E-state index in [4.69, 9.17) is 14.5 Å². The molecule has 0 amide bonds. The van der Waals surface area contributed by atoms with Crippen molar-refractivity contribution in [1.82, 2.24) is 9.55 Å². The standard InChI is InChI=1S/C26H28N2O3/c1-18-12-19(2)14-23(13-18)31-17-21(29)16-28-25-7-5-4-6-24(25)27-26(28)15-20-8-10-22(30-3)11-9-20/h4-14,21,29H,15-17H2,1-3H3/t21-/m1/s1. The Kier molecular flexibility index (Phi) is 6.23. The van der Waals surface area contributed by atoms with E-state index >= 15 is 0 Å². The molecule has 3 aromatic carbocycles. The molecule has 0 aliphatic carbocycles. The Morgan fingerprint density at radius 2 is 1.65 bits per heavy atom. The van der Waals surface area contributed by atoms with Crippen LogP contribution < -0.4 is 9.47 Å². The summed E-state index contributed by atoms with van der Waals surface area (Å²) in [7, 11) is 1.66. The van der Waals surface area contributed by atoms with E-state index < -0.39 is 6.10 Å². The number of ether oxygens (including phenoxy) is 2. The summed E-state index contributed by atoms with van der Waals surface area (Å²) in [5.41, 5.74) is 5.36. The van der Waals surface area contributed by atoms with Crippen LogP contribution in [0.2, 0.25) is 0 Å². The van der Waals surface area contributed by atoms with Crippen LogP contribution in [0.1, 0.15) is 22.5 Å². The van der Waals surface area contributed by atoms with Crippen LogP contribution in [0.15, 0.2) is 66.7 Å². The monoisotopic (exact) mass is 416 g/mol. The molecular formula is C26H28N2O3. The van der Waals surface area contributed by atoms with Gasteiger partial charge in [0.25, 0.3) is 0 Å². The molecule has 1 aromatic heterocycles. The molecule has 0 radical (unpaired) electrons. The lowest BCUT2D eigenvalue weighted by molar-refractivity contribution is 0.0927. The zero-order valence-electron chi connectivity index (χ0n) is 18.2. The molecule has 0 unspecified atom stereocenters. The number of hydrogen-bond acceptors (Lipinski definition) is 4. The van der Waals surface area contributed by atoms with Crippen molar-refractivity contribution in [3.63, 3.8) is 0 Å². The highest BCUT2D eigenvalue weighted by molar-refractivity contribution is 5.76. The number of aromatic nitrogens is 2. The van der Waals surface area contributed by atoms with Crippen molar-refractivity contribution in [2.24, 2.45) is 0 Å². The Bertz CT molecular complexity index is 1140. The molecule has 1 heterocycles. The van der Waals surface area contributed by atoms with Gasteiger partial charge in [0, 0.05) is 6.42 Å². The maximum atomic E-state index is 10.7. The van der Waals surface area contributed by atoms with Crippen molar-refractivity contribution in [3.8, 4) is 11.5 Å². The molecule has 0 fully saturated rings. The number of hydrogen-bond donors (Lipinski definition) is 1. The minimum Gasteiger partial charge on any atom is -0.497 e. The third kappa shape index (κ3) is 5.06. The highest BCUT2D eigenvalue weighted by atomic mass is 16.5. The molecule has 4 rings (SSSR count). The van der Waals surface area contributed by atoms with Crippen molar-refractivity contribution in [2.75, 3.05) is 13.7 Å². The van der Waals surface area contributed by atoms with Crippen LogP contribution in [0.25, 0.3) is 11.0 Å². The van der Waals surface area contributed by atoms with Gasteiger partial charge in [-0.05, 0) is 66.9 Å². The number of benzene rings is 3. The normalized spacial score (nSPS) is 12.1. The molecule has 0 bridgehead atoms. The number of aliphatic hydroxyl groups is 1. The molecule has 0 saturated carbocycles. The first kappa shape index (κ1) is 20.9. The Hall–Kier alpha value is -3.31. The first-order chi connectivity index (χ1) is 15.0. The number of methoxy groups -OCH3 is 1. The summed E-state index contributed by atoms with van der Waals surface area (Å²) in [5, 5.41) is 10.7. The smallest absolute Gasteiger partial charge is 0.119 e. The summed E-state index contributed by atoms with van der Waals surface area (Å²) < 4.78 is 13.2. The van der Waals surface area contributed by atoms with E-state index in [1.165, 1.54) is 0 Å². The van der Waals surface area contributed by atoms with Gasteiger partial charge < -0.3 is 19.1 Å². The van der Waals surface area contributed by atoms with Gasteiger partial charge in [-0.1, -0.05) is 30.3 Å². The van der Waals surface area contributed by atoms with Crippen molar-refractivity contribution in [1.29, 1.82) is 0 Å². The van der Waals surface area contributed by atoms with Gasteiger partial charge >= 0.3 is 0 Å². The van der Waals surface area contributed by atoms with Crippen LogP contribution in [-0.2, 0) is 13.0 Å². The van der Waals surface area contributed by atoms with Gasteiger partial charge in [-0.25, -0.2) is 4.98 Å². The summed E-state index contributed by atoms with van der Waals surface area (Å²) in [6, 6.07) is 22.1. The van der Waals surface area contributed by atoms with Crippen molar-refractivity contribution >= 4 is 11.0 Å². The van der Waals surface area contributed by atoms with Gasteiger partial charge in [-0.15, -0.1) is 0 Å². The van der Waals surface area contributed by atoms with Crippen LogP contribution in [-0.4, -0.2) is 34.5 Å². The molecule has 0 aliphatic heterocycles. The highest BCUT2D eigenvalue weighted by Gasteiger charge is 2.15. The maximum Gasteiger partial charge on any atom is 0.119 e. The molecule has 0 spiro atoms. The second kappa shape index (κ2) is 9.23. The number of imidazole rings is 1. The molecule has 0 saturated heterocycles. The van der Waals surface area contributed by atoms with Gasteiger partial charge in [-0.3, -0.25) is 0 Å². The van der Waals surface area contributed by atoms with Crippen molar-refractivity contribution in [2.45, 2.75) is 32.9 Å². The number of aliphatic hydroxyl groups excluding tert-OH is 1. The number of nitrogens with zero attached hydrogens (tertiary/aromatic N) is 2. The lowest BCUT2D eigenvalue weighted by atomic mass is 10.1. The molecule has 5 nitrogen and oxygen atoms in total. The Morgan fingerprint density at radius 3 is 2.35 bits per heavy atom. The predicted octanol–water partition coefficient (Wildman–Crippen LogP) is 4.69. The second-order valence-corrected chi connectivity index (χ2v) is 7.94. The molecular weight excluding hydrogens is 388 g/mol. The number of aryl methyl sites for hydroxylation is 2. The summed E-state index contributed by atoms with van der Waals surface area (Å²) in [6.45, 7) is 4.72. The minimum atomic E-state index is -0.659. The minimum absolute atomic E-state index is 0.220. The number of rotatable bonds is 8. The van der Waals surface area contributed by atoms with Gasteiger partial charge in [0.2, 0.25) is 0 Å². The predicted molar refractivity (Wildman–Crippen MR) is 123 cm³/mol. The topological polar surface area (TPSA) is 56.5 Å². The zero-order valence-corrected chi connectivity index (χ0v) is 18.2. The Balaban J connectivity index is 1.53. The van der Waals surface area contributed by atoms with E-state index in [-0.39, 0.29) is 6.61 Å². The summed E-state index contributed by atoms with van der Waals surface area (Å²) >= 11 is 0. The molecule has 0 aliphatic rings. The van der Waals surface area contributed by atoms with E-state index in [1.807, 2.05) is 74.5 Å². The van der Waals surface area contributed by atoms with E-state index in [1.54, 1.807) is 7.11 Å². The fraction of sp³-hybridized carbons (Fsp3) is 0.269. The van der Waals surface area contributed by atoms with Gasteiger partial charge in [0.05, 0.1) is 24.7 Å². The molecule has 31 heavy (non-hydrogen) atoms. The molecule has 1 atom stereocenters. The van der Waals surface area contributed by atoms with Gasteiger partial charge in [0.1, 0.15) is 30.0 Å². The Labute approximate surface area is 182 Å². The highest BCUT2D eigenvalue weighted by Crippen LogP contribution is 2.21. The summed E-state index contributed by atoms with van der Waals surface area (Å²) in [5.74, 6) is 2.53. The van der Waals surface area contributed by atoms with Crippen LogP contribution in [0.5, 0.6) is 11.5 Å². The van der Waals surface area contributed by atoms with Crippen LogP contribution >= 0.6 is 0 Å². The number of fused-ring (bicyclic) bond motifs is 1. The Morgan fingerprint density at radius 1 is 0.935 bits per heavy atom. The summed E-state index contributed by atoms with van der Waals surface area (Å²) in [4.78, 5) is 4.82. The average molecular weight is 417 g/mol. The fourth-order valence-electron chi connectivity index (χ4n) is 3.86. The molecule has 1 N–H and O–H groups in total.